The summed E-state index contributed by atoms with van der Waals surface area (Å²) >= 11 is 1.37. The highest BCUT2D eigenvalue weighted by Gasteiger charge is 2.26. The molecule has 2 aliphatic carbocycles. The minimum absolute atomic E-state index is 0.0790. The van der Waals surface area contributed by atoms with E-state index in [1.54, 1.807) is 25.7 Å². The maximum absolute atomic E-state index is 11.6. The van der Waals surface area contributed by atoms with Crippen molar-refractivity contribution in [1.82, 2.24) is 0 Å². The Hall–Kier alpha value is -0.310. The van der Waals surface area contributed by atoms with Crippen molar-refractivity contribution in [3.8, 4) is 0 Å². The first-order valence-corrected chi connectivity index (χ1v) is 6.50. The van der Waals surface area contributed by atoms with Crippen molar-refractivity contribution in [2.45, 2.75) is 0 Å². The fourth-order valence-electron chi connectivity index (χ4n) is 1.52. The summed E-state index contributed by atoms with van der Waals surface area (Å²) in [6, 6.07) is 0. The quantitative estimate of drug-likeness (QED) is 0.712. The molecule has 3 heteroatoms. The van der Waals surface area contributed by atoms with Crippen LogP contribution in [-0.4, -0.2) is 23.1 Å². The van der Waals surface area contributed by atoms with Crippen molar-refractivity contribution in [3.63, 3.8) is 0 Å². The molecule has 0 bridgehead atoms. The van der Waals surface area contributed by atoms with E-state index in [4.69, 9.17) is 0 Å². The smallest absolute Gasteiger partial charge is 0.150 e. The molecule has 0 N–H and O–H groups in total. The van der Waals surface area contributed by atoms with Gasteiger partial charge in [-0.25, -0.2) is 0 Å². The average Bonchev–Trinajstić information content (AvgIpc) is 3.02. The zero-order chi connectivity index (χ0) is 12.1. The molecular formula is C14H12O2S. The molecule has 0 amide bonds. The Bertz CT molecular complexity index is 248. The maximum Gasteiger partial charge on any atom is 0.150 e. The molecule has 2 rings (SSSR count). The molecule has 2 fully saturated rings. The van der Waals surface area contributed by atoms with Crippen molar-refractivity contribution in [2.24, 2.45) is 0 Å². The number of carbonyl (C=O) groups is 2. The van der Waals surface area contributed by atoms with Crippen LogP contribution in [0.5, 0.6) is 0 Å². The minimum atomic E-state index is 0.0790. The van der Waals surface area contributed by atoms with Crippen LogP contribution in [0.15, 0.2) is 0 Å². The number of rotatable bonds is 6. The summed E-state index contributed by atoms with van der Waals surface area (Å²) in [5, 5.41) is 0. The number of hydrogen-bond acceptors (Lipinski definition) is 3. The topological polar surface area (TPSA) is 34.1 Å². The van der Waals surface area contributed by atoms with Crippen molar-refractivity contribution >= 4 is 23.3 Å². The largest absolute Gasteiger partial charge is 0.298 e. The van der Waals surface area contributed by atoms with E-state index >= 15 is 0 Å². The van der Waals surface area contributed by atoms with E-state index in [1.165, 1.54) is 11.8 Å². The molecule has 86 valence electrons. The van der Waals surface area contributed by atoms with E-state index in [0.29, 0.717) is 11.5 Å². The Labute approximate surface area is 108 Å². The van der Waals surface area contributed by atoms with Gasteiger partial charge < -0.3 is 0 Å². The molecule has 2 aliphatic rings. The summed E-state index contributed by atoms with van der Waals surface area (Å²) in [6.45, 7) is 0. The van der Waals surface area contributed by atoms with E-state index in [2.05, 4.69) is 0 Å². The van der Waals surface area contributed by atoms with Gasteiger partial charge in [0.15, 0.2) is 11.6 Å². The zero-order valence-electron chi connectivity index (χ0n) is 9.26. The van der Waals surface area contributed by atoms with Gasteiger partial charge in [-0.2, -0.15) is 0 Å². The fraction of sp³-hybridized carbons (Fsp3) is 0.143. The van der Waals surface area contributed by atoms with Crippen LogP contribution in [0.1, 0.15) is 0 Å². The SMILES string of the molecule is O=C(CSCC(=O)[C]1[CH][CH][CH][CH]1)[C]1[CH][CH][CH][CH]1. The van der Waals surface area contributed by atoms with E-state index in [0.717, 1.165) is 11.8 Å². The van der Waals surface area contributed by atoms with Crippen LogP contribution in [0, 0.1) is 63.2 Å². The molecule has 0 atom stereocenters. The zero-order valence-corrected chi connectivity index (χ0v) is 10.1. The molecule has 0 aromatic carbocycles. The third kappa shape index (κ3) is 3.84. The second kappa shape index (κ2) is 6.58. The highest BCUT2D eigenvalue weighted by atomic mass is 32.2. The summed E-state index contributed by atoms with van der Waals surface area (Å²) in [4.78, 5) is 23.3. The molecular weight excluding hydrogens is 232 g/mol. The summed E-state index contributed by atoms with van der Waals surface area (Å²) < 4.78 is 0. The number of ketones is 2. The van der Waals surface area contributed by atoms with Crippen molar-refractivity contribution in [3.05, 3.63) is 63.2 Å². The second-order valence-corrected chi connectivity index (χ2v) is 4.67. The Balaban J connectivity index is 1.61. The molecule has 2 saturated carbocycles. The van der Waals surface area contributed by atoms with Crippen molar-refractivity contribution < 1.29 is 9.59 Å². The van der Waals surface area contributed by atoms with E-state index < -0.39 is 0 Å². The summed E-state index contributed by atoms with van der Waals surface area (Å²) in [5.74, 6) is 2.31. The van der Waals surface area contributed by atoms with Crippen molar-refractivity contribution in [1.29, 1.82) is 0 Å². The predicted molar refractivity (Wildman–Crippen MR) is 68.2 cm³/mol. The maximum atomic E-state index is 11.6. The van der Waals surface area contributed by atoms with Gasteiger partial charge in [0, 0.05) is 11.8 Å². The molecule has 17 heavy (non-hydrogen) atoms. The lowest BCUT2D eigenvalue weighted by Gasteiger charge is -2.08. The van der Waals surface area contributed by atoms with Gasteiger partial charge in [-0.3, -0.25) is 9.59 Å². The van der Waals surface area contributed by atoms with Crippen LogP contribution in [0.25, 0.3) is 0 Å². The van der Waals surface area contributed by atoms with Crippen LogP contribution in [0.2, 0.25) is 0 Å². The molecule has 0 aromatic heterocycles. The van der Waals surface area contributed by atoms with Gasteiger partial charge in [-0.05, 0) is 51.4 Å². The van der Waals surface area contributed by atoms with E-state index in [9.17, 15) is 9.59 Å². The van der Waals surface area contributed by atoms with Crippen LogP contribution in [0.4, 0.5) is 0 Å². The van der Waals surface area contributed by atoms with Crippen LogP contribution in [0.3, 0.4) is 0 Å². The third-order valence-electron chi connectivity index (χ3n) is 2.44. The first-order valence-electron chi connectivity index (χ1n) is 5.35. The average molecular weight is 244 g/mol. The van der Waals surface area contributed by atoms with E-state index in [1.807, 2.05) is 25.7 Å². The molecule has 0 aromatic rings. The molecule has 0 heterocycles. The Kier molecular flexibility index (Phi) is 5.08. The normalized spacial score (nSPS) is 22.1. The van der Waals surface area contributed by atoms with Crippen molar-refractivity contribution in [2.75, 3.05) is 11.5 Å². The number of thioether (sulfide) groups is 1. The molecule has 0 spiro atoms. The Morgan fingerprint density at radius 1 is 0.765 bits per heavy atom. The van der Waals surface area contributed by atoms with Crippen LogP contribution < -0.4 is 0 Å². The lowest BCUT2D eigenvalue weighted by molar-refractivity contribution is -0.114. The van der Waals surface area contributed by atoms with Gasteiger partial charge in [-0.15, -0.1) is 11.8 Å². The number of carbonyl (C=O) groups excluding carboxylic acids is 2. The molecule has 0 saturated heterocycles. The molecule has 10 radical (unpaired) electrons. The third-order valence-corrected chi connectivity index (χ3v) is 3.37. The Morgan fingerprint density at radius 3 is 1.47 bits per heavy atom. The lowest BCUT2D eigenvalue weighted by atomic mass is 10.0. The second-order valence-electron chi connectivity index (χ2n) is 3.69. The van der Waals surface area contributed by atoms with Gasteiger partial charge >= 0.3 is 0 Å². The Morgan fingerprint density at radius 2 is 1.12 bits per heavy atom. The first kappa shape index (κ1) is 13.1. The molecule has 0 unspecified atom stereocenters. The van der Waals surface area contributed by atoms with Crippen LogP contribution >= 0.6 is 11.8 Å². The summed E-state index contributed by atoms with van der Waals surface area (Å²) in [5.41, 5.74) is 0. The molecule has 2 nitrogen and oxygen atoms in total. The van der Waals surface area contributed by atoms with Gasteiger partial charge in [-0.1, -0.05) is 0 Å². The standard InChI is InChI=1S/C14H12O2S/c15-13(11-5-1-2-6-11)9-17-10-14(16)12-7-3-4-8-12/h1-8H,9-10H2. The van der Waals surface area contributed by atoms with Gasteiger partial charge in [0.1, 0.15) is 0 Å². The number of hydrogen-bond donors (Lipinski definition) is 0. The highest BCUT2D eigenvalue weighted by Crippen LogP contribution is 2.27. The number of Topliss-reactive ketones (excluding diaryl/α,β-unsaturated/α-hetero) is 2. The fourth-order valence-corrected chi connectivity index (χ4v) is 2.33. The predicted octanol–water partition coefficient (Wildman–Crippen LogP) is 1.67. The lowest BCUT2D eigenvalue weighted by Crippen LogP contribution is -2.16. The van der Waals surface area contributed by atoms with Crippen LogP contribution in [-0.2, 0) is 9.59 Å². The molecule has 0 aliphatic heterocycles. The van der Waals surface area contributed by atoms with Gasteiger partial charge in [0.25, 0.3) is 0 Å². The minimum Gasteiger partial charge on any atom is -0.298 e. The highest BCUT2D eigenvalue weighted by molar-refractivity contribution is 8.00. The first-order chi connectivity index (χ1) is 8.27. The van der Waals surface area contributed by atoms with Gasteiger partial charge in [0.2, 0.25) is 0 Å². The summed E-state index contributed by atoms with van der Waals surface area (Å²) in [6.07, 6.45) is 14.5. The monoisotopic (exact) mass is 244 g/mol. The summed E-state index contributed by atoms with van der Waals surface area (Å²) in [7, 11) is 0. The van der Waals surface area contributed by atoms with Gasteiger partial charge in [0.05, 0.1) is 11.5 Å². The van der Waals surface area contributed by atoms with E-state index in [-0.39, 0.29) is 11.6 Å².